The molecule has 132 valence electrons. The van der Waals surface area contributed by atoms with Gasteiger partial charge in [-0.05, 0) is 12.1 Å². The number of nitrogens with one attached hydrogen (secondary N) is 1. The number of nitrogens with zero attached hydrogens (tertiary/aromatic N) is 4. The molecule has 0 spiro atoms. The first kappa shape index (κ1) is 16.2. The summed E-state index contributed by atoms with van der Waals surface area (Å²) in [5.74, 6) is 0.322. The van der Waals surface area contributed by atoms with Crippen molar-refractivity contribution < 1.29 is 9.53 Å². The van der Waals surface area contributed by atoms with Crippen molar-refractivity contribution in [3.8, 4) is 0 Å². The summed E-state index contributed by atoms with van der Waals surface area (Å²) in [5, 5.41) is 7.29. The molecule has 0 aromatic carbocycles. The van der Waals surface area contributed by atoms with E-state index in [2.05, 4.69) is 20.3 Å². The number of hydrogen-bond acceptors (Lipinski definition) is 5. The van der Waals surface area contributed by atoms with E-state index in [0.717, 1.165) is 25.3 Å². The van der Waals surface area contributed by atoms with E-state index in [0.29, 0.717) is 19.8 Å². The Bertz CT molecular complexity index is 747. The zero-order valence-electron chi connectivity index (χ0n) is 14.4. The van der Waals surface area contributed by atoms with Crippen LogP contribution in [0.25, 0.3) is 0 Å². The molecule has 2 aliphatic rings. The fourth-order valence-electron chi connectivity index (χ4n) is 3.94. The first-order valence-corrected chi connectivity index (χ1v) is 8.61. The Labute approximate surface area is 147 Å². The molecule has 0 saturated carbocycles. The maximum atomic E-state index is 13.0. The first-order chi connectivity index (χ1) is 12.2. The molecule has 7 heteroatoms. The van der Waals surface area contributed by atoms with Gasteiger partial charge >= 0.3 is 0 Å². The van der Waals surface area contributed by atoms with E-state index in [1.807, 2.05) is 42.3 Å². The Balaban J connectivity index is 1.42. The summed E-state index contributed by atoms with van der Waals surface area (Å²) >= 11 is 0. The minimum Gasteiger partial charge on any atom is -0.380 e. The standard InChI is InChI=1S/C18H23N5O2/c1-22-8-14(6-21-22)9-23-10-15-11-25-13-18(15,12-23)17(24)20-7-16-4-2-3-5-19-16/h2-6,8,15H,7,9-13H2,1H3,(H,20,24)/t15-,18-/m1/s1. The van der Waals surface area contributed by atoms with Gasteiger partial charge in [0.25, 0.3) is 0 Å². The number of fused-ring (bicyclic) bond motifs is 1. The number of amides is 1. The highest BCUT2D eigenvalue weighted by Crippen LogP contribution is 2.42. The van der Waals surface area contributed by atoms with Crippen LogP contribution in [0.3, 0.4) is 0 Å². The fourth-order valence-corrected chi connectivity index (χ4v) is 3.94. The molecule has 2 fully saturated rings. The predicted octanol–water partition coefficient (Wildman–Crippen LogP) is 0.580. The Morgan fingerprint density at radius 2 is 2.40 bits per heavy atom. The smallest absolute Gasteiger partial charge is 0.230 e. The minimum absolute atomic E-state index is 0.0781. The van der Waals surface area contributed by atoms with E-state index in [1.54, 1.807) is 6.20 Å². The van der Waals surface area contributed by atoms with Crippen molar-refractivity contribution >= 4 is 5.91 Å². The van der Waals surface area contributed by atoms with Crippen molar-refractivity contribution in [1.29, 1.82) is 0 Å². The van der Waals surface area contributed by atoms with E-state index in [4.69, 9.17) is 4.74 Å². The number of aromatic nitrogens is 3. The molecule has 2 aromatic rings. The van der Waals surface area contributed by atoms with E-state index in [9.17, 15) is 4.79 Å². The lowest BCUT2D eigenvalue weighted by Gasteiger charge is -2.26. The Kier molecular flexibility index (Phi) is 4.27. The molecule has 1 N–H and O–H groups in total. The molecule has 25 heavy (non-hydrogen) atoms. The van der Waals surface area contributed by atoms with Crippen molar-refractivity contribution in [2.75, 3.05) is 26.3 Å². The monoisotopic (exact) mass is 341 g/mol. The Hall–Kier alpha value is -2.25. The average Bonchev–Trinajstić information content (AvgIpc) is 3.28. The second-order valence-corrected chi connectivity index (χ2v) is 7.06. The Morgan fingerprint density at radius 1 is 1.48 bits per heavy atom. The minimum atomic E-state index is -0.447. The van der Waals surface area contributed by atoms with Gasteiger partial charge in [0, 0.05) is 50.6 Å². The molecule has 2 saturated heterocycles. The van der Waals surface area contributed by atoms with Gasteiger partial charge in [0.2, 0.25) is 5.91 Å². The number of likely N-dealkylation sites (tertiary alicyclic amines) is 1. The van der Waals surface area contributed by atoms with Gasteiger partial charge in [0.15, 0.2) is 0 Å². The molecule has 2 atom stereocenters. The molecule has 0 radical (unpaired) electrons. The van der Waals surface area contributed by atoms with Gasteiger partial charge in [0.05, 0.1) is 37.1 Å². The lowest BCUT2D eigenvalue weighted by molar-refractivity contribution is -0.131. The van der Waals surface area contributed by atoms with Crippen LogP contribution in [0.4, 0.5) is 0 Å². The predicted molar refractivity (Wildman–Crippen MR) is 91.3 cm³/mol. The highest BCUT2D eigenvalue weighted by molar-refractivity contribution is 5.84. The second-order valence-electron chi connectivity index (χ2n) is 7.06. The average molecular weight is 341 g/mol. The van der Waals surface area contributed by atoms with E-state index >= 15 is 0 Å². The van der Waals surface area contributed by atoms with Crippen LogP contribution in [0, 0.1) is 11.3 Å². The molecule has 7 nitrogen and oxygen atoms in total. The fraction of sp³-hybridized carbons (Fsp3) is 0.500. The largest absolute Gasteiger partial charge is 0.380 e. The normalized spacial score (nSPS) is 25.9. The summed E-state index contributed by atoms with van der Waals surface area (Å²) < 4.78 is 7.48. The molecule has 1 amide bonds. The van der Waals surface area contributed by atoms with Crippen LogP contribution in [0.5, 0.6) is 0 Å². The number of ether oxygens (including phenoxy) is 1. The van der Waals surface area contributed by atoms with Crippen molar-refractivity contribution in [3.63, 3.8) is 0 Å². The summed E-state index contributed by atoms with van der Waals surface area (Å²) in [7, 11) is 1.92. The first-order valence-electron chi connectivity index (χ1n) is 8.61. The number of carbonyl (C=O) groups is 1. The van der Waals surface area contributed by atoms with Crippen LogP contribution in [0.15, 0.2) is 36.8 Å². The number of hydrogen-bond donors (Lipinski definition) is 1. The van der Waals surface area contributed by atoms with Gasteiger partial charge in [-0.25, -0.2) is 0 Å². The lowest BCUT2D eigenvalue weighted by atomic mass is 9.80. The summed E-state index contributed by atoms with van der Waals surface area (Å²) in [6.45, 7) is 4.03. The Morgan fingerprint density at radius 3 is 3.16 bits per heavy atom. The van der Waals surface area contributed by atoms with Gasteiger partial charge < -0.3 is 10.1 Å². The van der Waals surface area contributed by atoms with Gasteiger partial charge in [0.1, 0.15) is 0 Å². The topological polar surface area (TPSA) is 72.3 Å². The van der Waals surface area contributed by atoms with Crippen molar-refractivity contribution in [2.24, 2.45) is 18.4 Å². The van der Waals surface area contributed by atoms with Crippen molar-refractivity contribution in [3.05, 3.63) is 48.0 Å². The summed E-state index contributed by atoms with van der Waals surface area (Å²) in [4.78, 5) is 19.6. The summed E-state index contributed by atoms with van der Waals surface area (Å²) in [6.07, 6.45) is 5.66. The van der Waals surface area contributed by atoms with Crippen LogP contribution in [0.1, 0.15) is 11.3 Å². The van der Waals surface area contributed by atoms with Crippen molar-refractivity contribution in [1.82, 2.24) is 25.0 Å². The molecule has 2 aliphatic heterocycles. The third kappa shape index (κ3) is 3.17. The molecule has 2 aromatic heterocycles. The maximum absolute atomic E-state index is 13.0. The van der Waals surface area contributed by atoms with Crippen LogP contribution in [-0.4, -0.2) is 51.9 Å². The number of pyridine rings is 1. The van der Waals surface area contributed by atoms with Crippen LogP contribution < -0.4 is 5.32 Å². The van der Waals surface area contributed by atoms with Crippen LogP contribution in [0.2, 0.25) is 0 Å². The van der Waals surface area contributed by atoms with Crippen LogP contribution in [-0.2, 0) is 29.7 Å². The van der Waals surface area contributed by atoms with Gasteiger partial charge in [-0.15, -0.1) is 0 Å². The highest BCUT2D eigenvalue weighted by atomic mass is 16.5. The molecular weight excluding hydrogens is 318 g/mol. The maximum Gasteiger partial charge on any atom is 0.230 e. The zero-order chi connectivity index (χ0) is 17.3. The molecule has 0 unspecified atom stereocenters. The third-order valence-electron chi connectivity index (χ3n) is 5.22. The molecular formula is C18H23N5O2. The summed E-state index contributed by atoms with van der Waals surface area (Å²) in [5.41, 5.74) is 1.59. The number of aryl methyl sites for hydroxylation is 1. The quantitative estimate of drug-likeness (QED) is 0.861. The lowest BCUT2D eigenvalue weighted by Crippen LogP contribution is -2.46. The highest BCUT2D eigenvalue weighted by Gasteiger charge is 2.55. The van der Waals surface area contributed by atoms with Crippen LogP contribution >= 0.6 is 0 Å². The molecule has 0 aliphatic carbocycles. The molecule has 4 rings (SSSR count). The second kappa shape index (κ2) is 6.57. The zero-order valence-corrected chi connectivity index (χ0v) is 14.4. The van der Waals surface area contributed by atoms with E-state index in [1.165, 1.54) is 5.56 Å². The van der Waals surface area contributed by atoms with E-state index in [-0.39, 0.29) is 11.8 Å². The molecule has 4 heterocycles. The van der Waals surface area contributed by atoms with E-state index < -0.39 is 5.41 Å². The van der Waals surface area contributed by atoms with Gasteiger partial charge in [-0.2, -0.15) is 5.10 Å². The summed E-state index contributed by atoms with van der Waals surface area (Å²) in [6, 6.07) is 5.72. The van der Waals surface area contributed by atoms with Crippen molar-refractivity contribution in [2.45, 2.75) is 13.1 Å². The third-order valence-corrected chi connectivity index (χ3v) is 5.22. The molecule has 0 bridgehead atoms. The van der Waals surface area contributed by atoms with Gasteiger partial charge in [-0.1, -0.05) is 6.07 Å². The SMILES string of the molecule is Cn1cc(CN2C[C@@H]3COC[C@]3(C(=O)NCc3ccccn3)C2)cn1. The number of carbonyl (C=O) groups excluding carboxylic acids is 1. The van der Waals surface area contributed by atoms with Gasteiger partial charge in [-0.3, -0.25) is 19.4 Å². The number of rotatable bonds is 5.